The fraction of sp³-hybridized carbons (Fsp3) is 0.500. The maximum absolute atomic E-state index is 9.87. The topological polar surface area (TPSA) is 54.4 Å². The molecular formula is C4H6NaO3. The maximum Gasteiger partial charge on any atom is 0.310 e. The Morgan fingerprint density at radius 1 is 1.50 bits per heavy atom. The van der Waals surface area contributed by atoms with Gasteiger partial charge in [0.05, 0.1) is 0 Å². The predicted octanol–water partition coefficient (Wildman–Crippen LogP) is -0.331. The van der Waals surface area contributed by atoms with E-state index in [2.05, 4.69) is 0 Å². The zero-order valence-corrected chi connectivity index (χ0v) is 6.97. The van der Waals surface area contributed by atoms with Gasteiger partial charge < -0.3 is 5.11 Å². The van der Waals surface area contributed by atoms with E-state index in [9.17, 15) is 9.59 Å². The number of carboxylic acids is 1. The quantitative estimate of drug-likeness (QED) is 0.406. The zero-order chi connectivity index (χ0) is 5.86. The van der Waals surface area contributed by atoms with Gasteiger partial charge in [0.2, 0.25) is 0 Å². The van der Waals surface area contributed by atoms with Crippen LogP contribution in [-0.4, -0.2) is 46.4 Å². The van der Waals surface area contributed by atoms with Crippen molar-refractivity contribution >= 4 is 41.3 Å². The Morgan fingerprint density at radius 3 is 1.88 bits per heavy atom. The van der Waals surface area contributed by atoms with E-state index < -0.39 is 5.97 Å². The molecule has 0 fully saturated rings. The molecule has 1 N–H and O–H groups in total. The van der Waals surface area contributed by atoms with Crippen LogP contribution in [0.2, 0.25) is 0 Å². The smallest absolute Gasteiger partial charge is 0.310 e. The number of rotatable bonds is 2. The van der Waals surface area contributed by atoms with Gasteiger partial charge in [-0.3, -0.25) is 9.59 Å². The van der Waals surface area contributed by atoms with Crippen molar-refractivity contribution < 1.29 is 14.7 Å². The molecule has 0 saturated carbocycles. The standard InChI is InChI=1S/C4H6O3.Na/c1-3(5)2-4(6)7;/h2H2,1H3,(H,6,7);. The van der Waals surface area contributed by atoms with Crippen LogP contribution in [0.5, 0.6) is 0 Å². The summed E-state index contributed by atoms with van der Waals surface area (Å²) in [6.07, 6.45) is -0.361. The first-order valence-electron chi connectivity index (χ1n) is 1.84. The van der Waals surface area contributed by atoms with Gasteiger partial charge in [0.15, 0.2) is 0 Å². The molecule has 0 aliphatic carbocycles. The summed E-state index contributed by atoms with van der Waals surface area (Å²) >= 11 is 0. The third-order valence-electron chi connectivity index (χ3n) is 0.400. The van der Waals surface area contributed by atoms with E-state index in [1.807, 2.05) is 0 Å². The van der Waals surface area contributed by atoms with Crippen LogP contribution in [0, 0.1) is 0 Å². The minimum absolute atomic E-state index is 0. The number of carbonyl (C=O) groups is 2. The fourth-order valence-corrected chi connectivity index (χ4v) is 0.213. The van der Waals surface area contributed by atoms with Gasteiger partial charge in [0, 0.05) is 29.6 Å². The molecule has 4 heteroatoms. The summed E-state index contributed by atoms with van der Waals surface area (Å²) in [5, 5.41) is 7.86. The van der Waals surface area contributed by atoms with Crippen molar-refractivity contribution in [3.8, 4) is 0 Å². The van der Waals surface area contributed by atoms with Crippen molar-refractivity contribution in [3.05, 3.63) is 0 Å². The zero-order valence-electron chi connectivity index (χ0n) is 4.97. The second kappa shape index (κ2) is 5.28. The van der Waals surface area contributed by atoms with Crippen molar-refractivity contribution in [2.75, 3.05) is 0 Å². The molecular weight excluding hydrogens is 119 g/mol. The van der Waals surface area contributed by atoms with Crippen molar-refractivity contribution in [3.63, 3.8) is 0 Å². The molecule has 3 nitrogen and oxygen atoms in total. The monoisotopic (exact) mass is 125 g/mol. The summed E-state index contributed by atoms with van der Waals surface area (Å²) in [7, 11) is 0. The van der Waals surface area contributed by atoms with Crippen LogP contribution in [-0.2, 0) is 9.59 Å². The third kappa shape index (κ3) is 9.46. The first kappa shape index (κ1) is 11.0. The number of hydrogen-bond donors (Lipinski definition) is 1. The molecule has 0 spiro atoms. The van der Waals surface area contributed by atoms with Gasteiger partial charge in [0.1, 0.15) is 12.2 Å². The largest absolute Gasteiger partial charge is 0.481 e. The number of ketones is 1. The maximum atomic E-state index is 9.87. The summed E-state index contributed by atoms with van der Waals surface area (Å²) in [5.74, 6) is -1.37. The molecule has 0 aromatic rings. The Bertz CT molecular complexity index is 87.5. The van der Waals surface area contributed by atoms with E-state index in [1.165, 1.54) is 6.92 Å². The van der Waals surface area contributed by atoms with Gasteiger partial charge in [0.25, 0.3) is 0 Å². The van der Waals surface area contributed by atoms with Gasteiger partial charge in [-0.15, -0.1) is 0 Å². The average molecular weight is 125 g/mol. The van der Waals surface area contributed by atoms with Crippen LogP contribution in [0.4, 0.5) is 0 Å². The summed E-state index contributed by atoms with van der Waals surface area (Å²) in [4.78, 5) is 19.5. The number of hydrogen-bond acceptors (Lipinski definition) is 2. The van der Waals surface area contributed by atoms with Crippen LogP contribution < -0.4 is 0 Å². The number of aliphatic carboxylic acids is 1. The first-order chi connectivity index (χ1) is 3.13. The summed E-state index contributed by atoms with van der Waals surface area (Å²) < 4.78 is 0. The van der Waals surface area contributed by atoms with Gasteiger partial charge in [-0.25, -0.2) is 0 Å². The van der Waals surface area contributed by atoms with Gasteiger partial charge in [-0.2, -0.15) is 0 Å². The van der Waals surface area contributed by atoms with Gasteiger partial charge >= 0.3 is 5.97 Å². The van der Waals surface area contributed by atoms with E-state index >= 15 is 0 Å². The van der Waals surface area contributed by atoms with E-state index in [1.54, 1.807) is 0 Å². The van der Waals surface area contributed by atoms with Crippen LogP contribution in [0.15, 0.2) is 0 Å². The molecule has 0 aromatic heterocycles. The summed E-state index contributed by atoms with van der Waals surface area (Å²) in [5.41, 5.74) is 0. The van der Waals surface area contributed by atoms with Gasteiger partial charge in [-0.05, 0) is 6.92 Å². The van der Waals surface area contributed by atoms with Crippen molar-refractivity contribution in [2.45, 2.75) is 13.3 Å². The third-order valence-corrected chi connectivity index (χ3v) is 0.400. The van der Waals surface area contributed by atoms with E-state index in [4.69, 9.17) is 5.11 Å². The van der Waals surface area contributed by atoms with Crippen LogP contribution in [0.3, 0.4) is 0 Å². The Kier molecular flexibility index (Phi) is 7.26. The average Bonchev–Trinajstić information content (AvgIpc) is 1.27. The van der Waals surface area contributed by atoms with Crippen LogP contribution in [0.1, 0.15) is 13.3 Å². The molecule has 0 amide bonds. The van der Waals surface area contributed by atoms with E-state index in [0.29, 0.717) is 0 Å². The molecule has 41 valence electrons. The van der Waals surface area contributed by atoms with Crippen LogP contribution in [0.25, 0.3) is 0 Å². The normalized spacial score (nSPS) is 7.12. The SMILES string of the molecule is CC(=O)CC(=O)O.[Na]. The fourth-order valence-electron chi connectivity index (χ4n) is 0.213. The Morgan fingerprint density at radius 2 is 1.88 bits per heavy atom. The number of Topliss-reactive ketones (excluding diaryl/α,β-unsaturated/α-hetero) is 1. The van der Waals surface area contributed by atoms with E-state index in [-0.39, 0.29) is 41.8 Å². The molecule has 0 aliphatic rings. The van der Waals surface area contributed by atoms with Gasteiger partial charge in [-0.1, -0.05) is 0 Å². The Hall–Kier alpha value is 0.140. The molecule has 0 unspecified atom stereocenters. The predicted molar refractivity (Wildman–Crippen MR) is 28.7 cm³/mol. The molecule has 0 aromatic carbocycles. The molecule has 0 heterocycles. The number of carboxylic acid groups (broad SMARTS) is 1. The Labute approximate surface area is 69.4 Å². The molecule has 1 radical (unpaired) electrons. The summed E-state index contributed by atoms with van der Waals surface area (Å²) in [6.45, 7) is 1.24. The second-order valence-electron chi connectivity index (χ2n) is 1.27. The first-order valence-corrected chi connectivity index (χ1v) is 1.84. The van der Waals surface area contributed by atoms with Crippen LogP contribution >= 0.6 is 0 Å². The van der Waals surface area contributed by atoms with Crippen molar-refractivity contribution in [1.29, 1.82) is 0 Å². The molecule has 0 atom stereocenters. The van der Waals surface area contributed by atoms with Crippen molar-refractivity contribution in [1.82, 2.24) is 0 Å². The molecule has 8 heavy (non-hydrogen) atoms. The Balaban J connectivity index is 0. The molecule has 0 bridgehead atoms. The second-order valence-corrected chi connectivity index (χ2v) is 1.27. The minimum atomic E-state index is -1.06. The van der Waals surface area contributed by atoms with E-state index in [0.717, 1.165) is 0 Å². The summed E-state index contributed by atoms with van der Waals surface area (Å²) in [6, 6.07) is 0. The number of carbonyl (C=O) groups excluding carboxylic acids is 1. The van der Waals surface area contributed by atoms with Crippen molar-refractivity contribution in [2.24, 2.45) is 0 Å². The molecule has 0 aliphatic heterocycles. The molecule has 0 rings (SSSR count). The molecule has 0 saturated heterocycles. The minimum Gasteiger partial charge on any atom is -0.481 e.